The molecular formula is C24H29O4. The zero-order valence-corrected chi connectivity index (χ0v) is 16.8. The van der Waals surface area contributed by atoms with E-state index in [1.54, 1.807) is 30.3 Å². The molecule has 2 rings (SSSR count). The van der Waals surface area contributed by atoms with Crippen LogP contribution in [-0.2, 0) is 9.47 Å². The summed E-state index contributed by atoms with van der Waals surface area (Å²) in [6, 6.07) is 15.5. The summed E-state index contributed by atoms with van der Waals surface area (Å²) in [7, 11) is 0. The summed E-state index contributed by atoms with van der Waals surface area (Å²) in [5.74, 6) is -0.632. The van der Waals surface area contributed by atoms with Gasteiger partial charge in [0.05, 0.1) is 24.3 Å². The van der Waals surface area contributed by atoms with Gasteiger partial charge in [-0.15, -0.1) is 0 Å². The van der Waals surface area contributed by atoms with E-state index >= 15 is 0 Å². The molecule has 149 valence electrons. The number of esters is 2. The smallest absolute Gasteiger partial charge is 0.338 e. The van der Waals surface area contributed by atoms with Gasteiger partial charge in [0.1, 0.15) is 0 Å². The highest BCUT2D eigenvalue weighted by Crippen LogP contribution is 2.21. The Balaban J connectivity index is 1.96. The maximum atomic E-state index is 12.1. The van der Waals surface area contributed by atoms with E-state index in [4.69, 9.17) is 9.47 Å². The first-order valence-corrected chi connectivity index (χ1v) is 10.1. The molecule has 0 fully saturated rings. The van der Waals surface area contributed by atoms with Crippen LogP contribution in [0.25, 0.3) is 11.1 Å². The second-order valence-corrected chi connectivity index (χ2v) is 6.75. The molecule has 0 N–H and O–H groups in total. The molecule has 2 aromatic rings. The van der Waals surface area contributed by atoms with Crippen molar-refractivity contribution in [3.05, 3.63) is 59.7 Å². The number of unbranched alkanes of at least 4 members (excludes halogenated alkanes) is 4. The highest BCUT2D eigenvalue weighted by molar-refractivity contribution is 5.92. The van der Waals surface area contributed by atoms with E-state index in [0.717, 1.165) is 49.7 Å². The molecule has 28 heavy (non-hydrogen) atoms. The fraction of sp³-hybridized carbons (Fsp3) is 0.417. The number of ether oxygens (including phenoxy) is 2. The number of carbonyl (C=O) groups excluding carboxylic acids is 2. The minimum Gasteiger partial charge on any atom is -0.462 e. The summed E-state index contributed by atoms with van der Waals surface area (Å²) in [6.07, 6.45) is 6.13. The molecule has 4 heteroatoms. The number of carbonyl (C=O) groups is 2. The summed E-state index contributed by atoms with van der Waals surface area (Å²) in [4.78, 5) is 24.2. The first kappa shape index (κ1) is 21.7. The van der Waals surface area contributed by atoms with Crippen molar-refractivity contribution in [3.8, 4) is 11.1 Å². The van der Waals surface area contributed by atoms with Crippen molar-refractivity contribution >= 4 is 11.9 Å². The number of hydrogen-bond acceptors (Lipinski definition) is 4. The Morgan fingerprint density at radius 3 is 2.11 bits per heavy atom. The fourth-order valence-electron chi connectivity index (χ4n) is 2.72. The molecule has 4 nitrogen and oxygen atoms in total. The largest absolute Gasteiger partial charge is 0.462 e. The van der Waals surface area contributed by atoms with Gasteiger partial charge in [-0.2, -0.15) is 0 Å². The molecule has 0 atom stereocenters. The number of rotatable bonds is 11. The Hall–Kier alpha value is -2.62. The van der Waals surface area contributed by atoms with Crippen LogP contribution in [0.15, 0.2) is 42.5 Å². The van der Waals surface area contributed by atoms with E-state index in [1.807, 2.05) is 12.1 Å². The van der Waals surface area contributed by atoms with Crippen LogP contribution in [0.3, 0.4) is 0 Å². The van der Waals surface area contributed by atoms with E-state index < -0.39 is 0 Å². The van der Waals surface area contributed by atoms with Gasteiger partial charge in [0, 0.05) is 0 Å². The zero-order chi connectivity index (χ0) is 20.2. The minimum absolute atomic E-state index is 0.305. The van der Waals surface area contributed by atoms with Crippen LogP contribution in [0.4, 0.5) is 0 Å². The maximum Gasteiger partial charge on any atom is 0.338 e. The fourth-order valence-corrected chi connectivity index (χ4v) is 2.72. The second-order valence-electron chi connectivity index (χ2n) is 6.75. The predicted octanol–water partition coefficient (Wildman–Crippen LogP) is 5.85. The molecule has 0 heterocycles. The van der Waals surface area contributed by atoms with E-state index in [9.17, 15) is 9.59 Å². The quantitative estimate of drug-likeness (QED) is 0.362. The standard InChI is InChI=1S/C24H29O4/c1-3-5-7-8-17-28-23(25)20-14-12-19(13-15-20)21-10-9-11-22(18-21)24(26)27-16-6-4-2/h9,11-15,18H,3-8,16-17H2,1-2H3. The molecule has 1 radical (unpaired) electrons. The van der Waals surface area contributed by atoms with Crippen molar-refractivity contribution < 1.29 is 19.1 Å². The molecular weight excluding hydrogens is 352 g/mol. The molecule has 0 amide bonds. The zero-order valence-electron chi connectivity index (χ0n) is 16.8. The van der Waals surface area contributed by atoms with Crippen molar-refractivity contribution in [3.63, 3.8) is 0 Å². The molecule has 0 spiro atoms. The molecule has 0 aliphatic rings. The molecule has 2 aromatic carbocycles. The second kappa shape index (κ2) is 12.0. The lowest BCUT2D eigenvalue weighted by Crippen LogP contribution is -2.07. The lowest BCUT2D eigenvalue weighted by molar-refractivity contribution is 0.0489. The number of benzene rings is 2. The van der Waals surface area contributed by atoms with E-state index in [1.165, 1.54) is 0 Å². The predicted molar refractivity (Wildman–Crippen MR) is 110 cm³/mol. The summed E-state index contributed by atoms with van der Waals surface area (Å²) in [5.41, 5.74) is 2.68. The van der Waals surface area contributed by atoms with Crippen molar-refractivity contribution in [1.82, 2.24) is 0 Å². The average molecular weight is 381 g/mol. The summed E-state index contributed by atoms with van der Waals surface area (Å²) < 4.78 is 10.6. The third-order valence-electron chi connectivity index (χ3n) is 4.43. The lowest BCUT2D eigenvalue weighted by atomic mass is 10.0. The van der Waals surface area contributed by atoms with Gasteiger partial charge in [0.15, 0.2) is 0 Å². The SMILES string of the molecule is CCCCCCOC(=O)c1ccc(-c2[c]ccc(C(=O)OCCCC)c2)cc1. The molecule has 0 aliphatic heterocycles. The summed E-state index contributed by atoms with van der Waals surface area (Å²) in [5, 5.41) is 0. The Morgan fingerprint density at radius 1 is 0.786 bits per heavy atom. The van der Waals surface area contributed by atoms with E-state index in [2.05, 4.69) is 19.9 Å². The Bertz CT molecular complexity index is 749. The Labute approximate surface area is 167 Å². The first-order chi connectivity index (χ1) is 13.7. The van der Waals surface area contributed by atoms with Gasteiger partial charge >= 0.3 is 11.9 Å². The number of hydrogen-bond donors (Lipinski definition) is 0. The molecule has 0 saturated heterocycles. The van der Waals surface area contributed by atoms with Crippen molar-refractivity contribution in [2.24, 2.45) is 0 Å². The molecule has 0 saturated carbocycles. The third kappa shape index (κ3) is 6.84. The topological polar surface area (TPSA) is 52.6 Å². The average Bonchev–Trinajstić information content (AvgIpc) is 2.74. The van der Waals surface area contributed by atoms with Gasteiger partial charge in [0.2, 0.25) is 0 Å². The van der Waals surface area contributed by atoms with Crippen molar-refractivity contribution in [2.75, 3.05) is 13.2 Å². The van der Waals surface area contributed by atoms with Crippen LogP contribution < -0.4 is 0 Å². The molecule has 0 unspecified atom stereocenters. The van der Waals surface area contributed by atoms with Gasteiger partial charge in [-0.25, -0.2) is 9.59 Å². The highest BCUT2D eigenvalue weighted by atomic mass is 16.5. The first-order valence-electron chi connectivity index (χ1n) is 10.1. The molecule has 0 bridgehead atoms. The van der Waals surface area contributed by atoms with Crippen molar-refractivity contribution in [1.29, 1.82) is 0 Å². The molecule has 0 aliphatic carbocycles. The maximum absolute atomic E-state index is 12.1. The van der Waals surface area contributed by atoms with E-state index in [-0.39, 0.29) is 11.9 Å². The highest BCUT2D eigenvalue weighted by Gasteiger charge is 2.10. The Kier molecular flexibility index (Phi) is 9.26. The van der Waals surface area contributed by atoms with Crippen LogP contribution in [0.2, 0.25) is 0 Å². The molecule has 0 aromatic heterocycles. The van der Waals surface area contributed by atoms with Crippen LogP contribution in [0.5, 0.6) is 0 Å². The normalized spacial score (nSPS) is 10.5. The van der Waals surface area contributed by atoms with Crippen molar-refractivity contribution in [2.45, 2.75) is 52.4 Å². The van der Waals surface area contributed by atoms with Crippen LogP contribution >= 0.6 is 0 Å². The van der Waals surface area contributed by atoms with Gasteiger partial charge < -0.3 is 9.47 Å². The monoisotopic (exact) mass is 381 g/mol. The lowest BCUT2D eigenvalue weighted by Gasteiger charge is -2.08. The third-order valence-corrected chi connectivity index (χ3v) is 4.43. The van der Waals surface area contributed by atoms with Gasteiger partial charge in [-0.05, 0) is 54.3 Å². The van der Waals surface area contributed by atoms with Gasteiger partial charge in [-0.1, -0.05) is 57.7 Å². The van der Waals surface area contributed by atoms with Crippen LogP contribution in [0, 0.1) is 6.07 Å². The van der Waals surface area contributed by atoms with Gasteiger partial charge in [-0.3, -0.25) is 0 Å². The Morgan fingerprint density at radius 2 is 1.43 bits per heavy atom. The summed E-state index contributed by atoms with van der Waals surface area (Å²) in [6.45, 7) is 5.08. The van der Waals surface area contributed by atoms with Gasteiger partial charge in [0.25, 0.3) is 0 Å². The summed E-state index contributed by atoms with van der Waals surface area (Å²) >= 11 is 0. The van der Waals surface area contributed by atoms with E-state index in [0.29, 0.717) is 24.3 Å². The van der Waals surface area contributed by atoms with Crippen LogP contribution in [-0.4, -0.2) is 25.2 Å². The minimum atomic E-state index is -0.327. The van der Waals surface area contributed by atoms with Crippen LogP contribution in [0.1, 0.15) is 73.1 Å².